The minimum absolute atomic E-state index is 0. The summed E-state index contributed by atoms with van der Waals surface area (Å²) >= 11 is 5.94. The summed E-state index contributed by atoms with van der Waals surface area (Å²) in [5.74, 6) is 0.809. The van der Waals surface area contributed by atoms with Crippen molar-refractivity contribution >= 4 is 34.0 Å². The SMILES string of the molecule is COc1ccc(S(=O)(=O)NCC2CCNC2)cc1Cl.Cl. The van der Waals surface area contributed by atoms with Gasteiger partial charge in [0, 0.05) is 6.54 Å². The fourth-order valence-corrected chi connectivity index (χ4v) is 3.48. The molecule has 0 aromatic heterocycles. The number of hydrogen-bond acceptors (Lipinski definition) is 4. The zero-order valence-corrected chi connectivity index (χ0v) is 13.4. The Morgan fingerprint density at radius 2 is 2.25 bits per heavy atom. The summed E-state index contributed by atoms with van der Waals surface area (Å²) in [5.41, 5.74) is 0. The molecular weight excluding hydrogens is 323 g/mol. The Hall–Kier alpha value is -0.530. The molecule has 1 saturated heterocycles. The number of methoxy groups -OCH3 is 1. The number of rotatable bonds is 5. The predicted octanol–water partition coefficient (Wildman–Crippen LogP) is 1.66. The van der Waals surface area contributed by atoms with E-state index in [1.54, 1.807) is 6.07 Å². The van der Waals surface area contributed by atoms with Crippen molar-refractivity contribution in [2.75, 3.05) is 26.7 Å². The summed E-state index contributed by atoms with van der Waals surface area (Å²) in [6, 6.07) is 4.43. The van der Waals surface area contributed by atoms with E-state index in [4.69, 9.17) is 16.3 Å². The molecule has 20 heavy (non-hydrogen) atoms. The van der Waals surface area contributed by atoms with Crippen molar-refractivity contribution in [3.63, 3.8) is 0 Å². The van der Waals surface area contributed by atoms with Gasteiger partial charge in [0.05, 0.1) is 17.0 Å². The molecule has 1 unspecified atom stereocenters. The van der Waals surface area contributed by atoms with Crippen molar-refractivity contribution in [3.8, 4) is 5.75 Å². The third kappa shape index (κ3) is 4.23. The van der Waals surface area contributed by atoms with Crippen LogP contribution in [-0.4, -0.2) is 35.2 Å². The van der Waals surface area contributed by atoms with Gasteiger partial charge >= 0.3 is 0 Å². The molecule has 2 N–H and O–H groups in total. The first kappa shape index (κ1) is 17.5. The largest absolute Gasteiger partial charge is 0.495 e. The maximum atomic E-state index is 12.1. The van der Waals surface area contributed by atoms with Gasteiger partial charge in [0.2, 0.25) is 10.0 Å². The molecule has 0 amide bonds. The predicted molar refractivity (Wildman–Crippen MR) is 81.4 cm³/mol. The third-order valence-corrected chi connectivity index (χ3v) is 4.87. The first-order valence-electron chi connectivity index (χ1n) is 6.07. The van der Waals surface area contributed by atoms with Gasteiger partial charge in [0.25, 0.3) is 0 Å². The summed E-state index contributed by atoms with van der Waals surface area (Å²) in [6.45, 7) is 2.24. The smallest absolute Gasteiger partial charge is 0.240 e. The second-order valence-corrected chi connectivity index (χ2v) is 6.68. The zero-order valence-electron chi connectivity index (χ0n) is 11.1. The standard InChI is InChI=1S/C12H17ClN2O3S.ClH/c1-18-12-3-2-10(6-11(12)13)19(16,17)15-8-9-4-5-14-7-9;/h2-3,6,9,14-15H,4-5,7-8H2,1H3;1H. The van der Waals surface area contributed by atoms with E-state index in [2.05, 4.69) is 10.0 Å². The van der Waals surface area contributed by atoms with Crippen molar-refractivity contribution in [2.45, 2.75) is 11.3 Å². The summed E-state index contributed by atoms with van der Waals surface area (Å²) in [7, 11) is -2.03. The lowest BCUT2D eigenvalue weighted by atomic mass is 10.1. The lowest BCUT2D eigenvalue weighted by molar-refractivity contribution is 0.414. The van der Waals surface area contributed by atoms with Crippen LogP contribution >= 0.6 is 24.0 Å². The highest BCUT2D eigenvalue weighted by Crippen LogP contribution is 2.26. The molecule has 2 rings (SSSR count). The van der Waals surface area contributed by atoms with Gasteiger partial charge in [-0.1, -0.05) is 11.6 Å². The second-order valence-electron chi connectivity index (χ2n) is 4.51. The number of hydrogen-bond donors (Lipinski definition) is 2. The lowest BCUT2D eigenvalue weighted by Gasteiger charge is -2.11. The fraction of sp³-hybridized carbons (Fsp3) is 0.500. The summed E-state index contributed by atoms with van der Waals surface area (Å²) in [4.78, 5) is 0.157. The number of ether oxygens (including phenoxy) is 1. The Labute approximate surface area is 130 Å². The quantitative estimate of drug-likeness (QED) is 0.855. The van der Waals surface area contributed by atoms with Crippen LogP contribution in [0.25, 0.3) is 0 Å². The summed E-state index contributed by atoms with van der Waals surface area (Å²) in [6.07, 6.45) is 0.992. The van der Waals surface area contributed by atoms with E-state index in [0.717, 1.165) is 19.5 Å². The van der Waals surface area contributed by atoms with Crippen LogP contribution in [-0.2, 0) is 10.0 Å². The molecule has 0 aliphatic carbocycles. The number of halogens is 2. The molecule has 0 bridgehead atoms. The number of nitrogens with one attached hydrogen (secondary N) is 2. The molecule has 0 saturated carbocycles. The van der Waals surface area contributed by atoms with Crippen LogP contribution in [0, 0.1) is 5.92 Å². The van der Waals surface area contributed by atoms with Crippen LogP contribution < -0.4 is 14.8 Å². The highest BCUT2D eigenvalue weighted by atomic mass is 35.5. The van der Waals surface area contributed by atoms with Crippen LogP contribution in [0.4, 0.5) is 0 Å². The van der Waals surface area contributed by atoms with Crippen LogP contribution in [0.1, 0.15) is 6.42 Å². The Bertz CT molecular complexity index is 546. The molecule has 1 atom stereocenters. The van der Waals surface area contributed by atoms with E-state index in [0.29, 0.717) is 18.2 Å². The van der Waals surface area contributed by atoms with Gasteiger partial charge in [-0.25, -0.2) is 13.1 Å². The van der Waals surface area contributed by atoms with Crippen molar-refractivity contribution in [1.29, 1.82) is 0 Å². The first-order valence-corrected chi connectivity index (χ1v) is 7.93. The highest BCUT2D eigenvalue weighted by Gasteiger charge is 2.20. The van der Waals surface area contributed by atoms with Crippen LogP contribution in [0.2, 0.25) is 5.02 Å². The Kier molecular flexibility index (Phi) is 6.54. The molecule has 1 aliphatic rings. The van der Waals surface area contributed by atoms with Crippen molar-refractivity contribution in [1.82, 2.24) is 10.0 Å². The average Bonchev–Trinajstić information content (AvgIpc) is 2.89. The molecule has 8 heteroatoms. The average molecular weight is 341 g/mol. The molecule has 5 nitrogen and oxygen atoms in total. The molecular formula is C12H18Cl2N2O3S. The topological polar surface area (TPSA) is 67.4 Å². The summed E-state index contributed by atoms with van der Waals surface area (Å²) in [5, 5.41) is 3.49. The maximum Gasteiger partial charge on any atom is 0.240 e. The molecule has 1 aliphatic heterocycles. The van der Waals surface area contributed by atoms with Crippen LogP contribution in [0.3, 0.4) is 0 Å². The molecule has 1 aromatic rings. The van der Waals surface area contributed by atoms with E-state index in [9.17, 15) is 8.42 Å². The first-order chi connectivity index (χ1) is 9.03. The Balaban J connectivity index is 0.00000200. The van der Waals surface area contributed by atoms with Gasteiger partial charge < -0.3 is 10.1 Å². The highest BCUT2D eigenvalue weighted by molar-refractivity contribution is 7.89. The van der Waals surface area contributed by atoms with Gasteiger partial charge in [0.1, 0.15) is 5.75 Å². The molecule has 114 valence electrons. The normalized spacial score (nSPS) is 18.6. The van der Waals surface area contributed by atoms with Crippen molar-refractivity contribution in [2.24, 2.45) is 5.92 Å². The van der Waals surface area contributed by atoms with Crippen LogP contribution in [0.5, 0.6) is 5.75 Å². The minimum atomic E-state index is -3.51. The monoisotopic (exact) mass is 340 g/mol. The molecule has 1 aromatic carbocycles. The fourth-order valence-electron chi connectivity index (χ4n) is 2.01. The Morgan fingerprint density at radius 3 is 2.80 bits per heavy atom. The van der Waals surface area contributed by atoms with Gasteiger partial charge in [-0.05, 0) is 43.6 Å². The van der Waals surface area contributed by atoms with E-state index in [-0.39, 0.29) is 22.3 Å². The van der Waals surface area contributed by atoms with Crippen LogP contribution in [0.15, 0.2) is 23.1 Å². The molecule has 0 radical (unpaired) electrons. The molecule has 0 spiro atoms. The van der Waals surface area contributed by atoms with E-state index in [1.807, 2.05) is 0 Å². The van der Waals surface area contributed by atoms with Gasteiger partial charge in [-0.2, -0.15) is 0 Å². The van der Waals surface area contributed by atoms with Crippen molar-refractivity contribution < 1.29 is 13.2 Å². The third-order valence-electron chi connectivity index (χ3n) is 3.16. The second kappa shape index (κ2) is 7.47. The summed E-state index contributed by atoms with van der Waals surface area (Å²) < 4.78 is 31.8. The van der Waals surface area contributed by atoms with E-state index in [1.165, 1.54) is 19.2 Å². The minimum Gasteiger partial charge on any atom is -0.495 e. The number of benzene rings is 1. The van der Waals surface area contributed by atoms with E-state index < -0.39 is 10.0 Å². The van der Waals surface area contributed by atoms with Gasteiger partial charge in [0.15, 0.2) is 0 Å². The molecule has 1 heterocycles. The number of sulfonamides is 1. The lowest BCUT2D eigenvalue weighted by Crippen LogP contribution is -2.30. The van der Waals surface area contributed by atoms with Gasteiger partial charge in [-0.3, -0.25) is 0 Å². The maximum absolute atomic E-state index is 12.1. The van der Waals surface area contributed by atoms with Gasteiger partial charge in [-0.15, -0.1) is 12.4 Å². The molecule has 1 fully saturated rings. The van der Waals surface area contributed by atoms with E-state index >= 15 is 0 Å². The Morgan fingerprint density at radius 1 is 1.50 bits per heavy atom. The van der Waals surface area contributed by atoms with Crippen molar-refractivity contribution in [3.05, 3.63) is 23.2 Å². The zero-order chi connectivity index (χ0) is 13.9.